The molecule has 1 saturated carbocycles. The summed E-state index contributed by atoms with van der Waals surface area (Å²) in [6, 6.07) is 10.7. The number of hydrogen-bond donors (Lipinski definition) is 1. The van der Waals surface area contributed by atoms with E-state index in [1.807, 2.05) is 6.07 Å². The molecule has 21 heavy (non-hydrogen) atoms. The molecule has 0 amide bonds. The molecule has 2 N–H and O–H groups in total. The van der Waals surface area contributed by atoms with Crippen molar-refractivity contribution in [2.24, 2.45) is 5.73 Å². The molecule has 4 heteroatoms. The van der Waals surface area contributed by atoms with Crippen molar-refractivity contribution >= 4 is 10.8 Å². The monoisotopic (exact) mass is 307 g/mol. The highest BCUT2D eigenvalue weighted by molar-refractivity contribution is 7.85. The largest absolute Gasteiger partial charge is 0.377 e. The van der Waals surface area contributed by atoms with Crippen LogP contribution in [0.5, 0.6) is 0 Å². The molecule has 5 unspecified atom stereocenters. The Hall–Kier alpha value is -0.710. The third kappa shape index (κ3) is 3.74. The van der Waals surface area contributed by atoms with E-state index in [0.717, 1.165) is 38.7 Å². The quantitative estimate of drug-likeness (QED) is 0.930. The zero-order valence-corrected chi connectivity index (χ0v) is 13.3. The van der Waals surface area contributed by atoms with E-state index in [9.17, 15) is 4.21 Å². The van der Waals surface area contributed by atoms with Gasteiger partial charge in [-0.2, -0.15) is 0 Å². The Balaban J connectivity index is 1.64. The molecular weight excluding hydrogens is 282 g/mol. The van der Waals surface area contributed by atoms with E-state index in [-0.39, 0.29) is 17.4 Å². The Bertz CT molecular complexity index is 473. The van der Waals surface area contributed by atoms with Crippen molar-refractivity contribution in [1.29, 1.82) is 0 Å². The lowest BCUT2D eigenvalue weighted by Gasteiger charge is -2.34. The zero-order chi connectivity index (χ0) is 14.7. The minimum atomic E-state index is -0.871. The molecule has 0 spiro atoms. The second-order valence-corrected chi connectivity index (χ2v) is 8.01. The van der Waals surface area contributed by atoms with E-state index >= 15 is 0 Å². The number of rotatable bonds is 4. The summed E-state index contributed by atoms with van der Waals surface area (Å²) in [4.78, 5) is 0. The molecule has 1 heterocycles. The van der Waals surface area contributed by atoms with Gasteiger partial charge in [0.1, 0.15) is 0 Å². The maximum atomic E-state index is 12.7. The van der Waals surface area contributed by atoms with Crippen LogP contribution in [0.1, 0.15) is 43.6 Å². The third-order valence-electron chi connectivity index (χ3n) is 4.83. The predicted molar refractivity (Wildman–Crippen MR) is 86.8 cm³/mol. The number of ether oxygens (including phenoxy) is 1. The first-order valence-corrected chi connectivity index (χ1v) is 9.41. The van der Waals surface area contributed by atoms with Crippen LogP contribution in [-0.2, 0) is 15.5 Å². The van der Waals surface area contributed by atoms with E-state index in [1.54, 1.807) is 0 Å². The summed E-state index contributed by atoms with van der Waals surface area (Å²) in [5.74, 6) is 1.17. The fraction of sp³-hybridized carbons (Fsp3) is 0.647. The lowest BCUT2D eigenvalue weighted by atomic mass is 9.82. The second kappa shape index (κ2) is 7.03. The van der Waals surface area contributed by atoms with Gasteiger partial charge in [0, 0.05) is 23.4 Å². The third-order valence-corrected chi connectivity index (χ3v) is 6.74. The fourth-order valence-electron chi connectivity index (χ4n) is 3.57. The minimum absolute atomic E-state index is 0.0761. The van der Waals surface area contributed by atoms with Crippen molar-refractivity contribution in [3.05, 3.63) is 35.9 Å². The average molecular weight is 307 g/mol. The number of nitrogens with two attached hydrogens (primary N) is 1. The zero-order valence-electron chi connectivity index (χ0n) is 12.4. The molecule has 1 aliphatic carbocycles. The molecule has 1 aromatic carbocycles. The molecule has 3 nitrogen and oxygen atoms in total. The smallest absolute Gasteiger partial charge is 0.0691 e. The highest BCUT2D eigenvalue weighted by Gasteiger charge is 2.34. The number of benzene rings is 1. The van der Waals surface area contributed by atoms with Gasteiger partial charge in [-0.1, -0.05) is 30.3 Å². The van der Waals surface area contributed by atoms with Crippen LogP contribution in [0.3, 0.4) is 0 Å². The Morgan fingerprint density at radius 2 is 2.00 bits per heavy atom. The van der Waals surface area contributed by atoms with Gasteiger partial charge >= 0.3 is 0 Å². The number of hydrogen-bond acceptors (Lipinski definition) is 3. The van der Waals surface area contributed by atoms with E-state index < -0.39 is 10.8 Å². The van der Waals surface area contributed by atoms with Crippen LogP contribution in [0.15, 0.2) is 30.3 Å². The molecule has 0 aromatic heterocycles. The molecular formula is C17H25NO2S. The first-order chi connectivity index (χ1) is 10.2. The van der Waals surface area contributed by atoms with Crippen molar-refractivity contribution in [2.45, 2.75) is 55.4 Å². The maximum absolute atomic E-state index is 12.7. The van der Waals surface area contributed by atoms with Crippen molar-refractivity contribution in [3.63, 3.8) is 0 Å². The Kier molecular flexibility index (Phi) is 5.09. The standard InChI is InChI=1S/C17H25NO2S/c18-16-9-8-14(13-5-2-1-3-6-13)11-17(16)21(19)12-15-7-4-10-20-15/h1-3,5-6,14-17H,4,7-12,18H2. The van der Waals surface area contributed by atoms with Crippen LogP contribution in [-0.4, -0.2) is 34.0 Å². The Morgan fingerprint density at radius 3 is 2.71 bits per heavy atom. The van der Waals surface area contributed by atoms with Crippen molar-refractivity contribution in [2.75, 3.05) is 12.4 Å². The molecule has 0 bridgehead atoms. The van der Waals surface area contributed by atoms with Crippen LogP contribution < -0.4 is 5.73 Å². The summed E-state index contributed by atoms with van der Waals surface area (Å²) in [6.07, 6.45) is 5.38. The average Bonchev–Trinajstić information content (AvgIpc) is 3.01. The summed E-state index contributed by atoms with van der Waals surface area (Å²) in [5, 5.41) is 0.119. The lowest BCUT2D eigenvalue weighted by molar-refractivity contribution is 0.128. The van der Waals surface area contributed by atoms with Gasteiger partial charge in [-0.15, -0.1) is 0 Å². The van der Waals surface area contributed by atoms with E-state index in [4.69, 9.17) is 10.5 Å². The van der Waals surface area contributed by atoms with E-state index in [0.29, 0.717) is 11.7 Å². The lowest BCUT2D eigenvalue weighted by Crippen LogP contribution is -2.44. The molecule has 1 aromatic rings. The molecule has 1 saturated heterocycles. The predicted octanol–water partition coefficient (Wildman–Crippen LogP) is 2.58. The highest BCUT2D eigenvalue weighted by Crippen LogP contribution is 2.35. The molecule has 2 aliphatic rings. The van der Waals surface area contributed by atoms with Crippen LogP contribution in [0, 0.1) is 0 Å². The summed E-state index contributed by atoms with van der Waals surface area (Å²) in [7, 11) is -0.871. The highest BCUT2D eigenvalue weighted by atomic mass is 32.2. The van der Waals surface area contributed by atoms with E-state index in [2.05, 4.69) is 24.3 Å². The maximum Gasteiger partial charge on any atom is 0.0691 e. The van der Waals surface area contributed by atoms with Gasteiger partial charge in [-0.25, -0.2) is 0 Å². The molecule has 2 fully saturated rings. The van der Waals surface area contributed by atoms with Gasteiger partial charge in [-0.3, -0.25) is 4.21 Å². The molecule has 5 atom stereocenters. The van der Waals surface area contributed by atoms with E-state index in [1.165, 1.54) is 5.56 Å². The van der Waals surface area contributed by atoms with Gasteiger partial charge < -0.3 is 10.5 Å². The Labute approximate surface area is 129 Å². The Morgan fingerprint density at radius 1 is 1.19 bits per heavy atom. The van der Waals surface area contributed by atoms with Crippen molar-refractivity contribution in [1.82, 2.24) is 0 Å². The topological polar surface area (TPSA) is 52.3 Å². The fourth-order valence-corrected chi connectivity index (χ4v) is 5.41. The van der Waals surface area contributed by atoms with Gasteiger partial charge in [0.05, 0.1) is 17.1 Å². The van der Waals surface area contributed by atoms with Crippen molar-refractivity contribution in [3.8, 4) is 0 Å². The van der Waals surface area contributed by atoms with Gasteiger partial charge in [-0.05, 0) is 43.6 Å². The summed E-state index contributed by atoms with van der Waals surface area (Å²) >= 11 is 0. The van der Waals surface area contributed by atoms with Crippen LogP contribution in [0.25, 0.3) is 0 Å². The SMILES string of the molecule is NC1CCC(c2ccccc2)CC1S(=O)CC1CCCO1. The second-order valence-electron chi connectivity index (χ2n) is 6.31. The van der Waals surface area contributed by atoms with Gasteiger partial charge in [0.15, 0.2) is 0 Å². The summed E-state index contributed by atoms with van der Waals surface area (Å²) < 4.78 is 18.3. The van der Waals surface area contributed by atoms with Gasteiger partial charge in [0.25, 0.3) is 0 Å². The summed E-state index contributed by atoms with van der Waals surface area (Å²) in [5.41, 5.74) is 7.62. The van der Waals surface area contributed by atoms with Crippen LogP contribution in [0.4, 0.5) is 0 Å². The minimum Gasteiger partial charge on any atom is -0.377 e. The van der Waals surface area contributed by atoms with Crippen molar-refractivity contribution < 1.29 is 8.95 Å². The first kappa shape index (κ1) is 15.2. The first-order valence-electron chi connectivity index (χ1n) is 8.03. The molecule has 0 radical (unpaired) electrons. The van der Waals surface area contributed by atoms with Crippen LogP contribution in [0.2, 0.25) is 0 Å². The van der Waals surface area contributed by atoms with Gasteiger partial charge in [0.2, 0.25) is 0 Å². The normalized spacial score (nSPS) is 34.7. The molecule has 3 rings (SSSR count). The molecule has 1 aliphatic heterocycles. The summed E-state index contributed by atoms with van der Waals surface area (Å²) in [6.45, 7) is 0.825. The van der Waals surface area contributed by atoms with Crippen LogP contribution >= 0.6 is 0 Å². The molecule has 116 valence electrons.